The van der Waals surface area contributed by atoms with Crippen LogP contribution in [0.4, 0.5) is 0 Å². The number of benzene rings is 1. The van der Waals surface area contributed by atoms with Gasteiger partial charge in [-0.25, -0.2) is 0 Å². The Labute approximate surface area is 84.1 Å². The van der Waals surface area contributed by atoms with Crippen molar-refractivity contribution >= 4 is 51.8 Å². The zero-order valence-electron chi connectivity index (χ0n) is 5.27. The molecular weight excluding hydrogens is 302 g/mol. The minimum Gasteiger partial charge on any atom is -0.0963 e. The van der Waals surface area contributed by atoms with Crippen molar-refractivity contribution in [2.45, 2.75) is 5.33 Å². The van der Waals surface area contributed by atoms with Gasteiger partial charge in [0, 0.05) is 8.90 Å². The lowest BCUT2D eigenvalue weighted by atomic mass is 9.95. The molecule has 1 aromatic rings. The molecule has 1 rings (SSSR count). The van der Waals surface area contributed by atoms with Crippen LogP contribution < -0.4 is 5.46 Å². The van der Waals surface area contributed by atoms with E-state index in [0.717, 1.165) is 10.8 Å². The number of alkyl halides is 1. The molecule has 0 heterocycles. The fourth-order valence-electron chi connectivity index (χ4n) is 0.697. The van der Waals surface area contributed by atoms with Crippen molar-refractivity contribution in [3.63, 3.8) is 0 Å². The molecule has 0 nitrogen and oxygen atoms in total. The van der Waals surface area contributed by atoms with E-state index in [9.17, 15) is 0 Å². The first kappa shape index (κ1) is 8.59. The van der Waals surface area contributed by atoms with Crippen molar-refractivity contribution in [1.29, 1.82) is 0 Å². The molecule has 50 valence electrons. The van der Waals surface area contributed by atoms with E-state index in [1.54, 1.807) is 0 Å². The van der Waals surface area contributed by atoms with E-state index in [4.69, 9.17) is 7.85 Å². The first-order valence-corrected chi connectivity index (χ1v) is 5.04. The van der Waals surface area contributed by atoms with Gasteiger partial charge < -0.3 is 0 Å². The second-order valence-corrected chi connectivity index (χ2v) is 3.71. The van der Waals surface area contributed by atoms with Crippen molar-refractivity contribution in [2.24, 2.45) is 0 Å². The van der Waals surface area contributed by atoms with E-state index in [-0.39, 0.29) is 0 Å². The molecule has 0 spiro atoms. The summed E-state index contributed by atoms with van der Waals surface area (Å²) in [5.74, 6) is 0. The SMILES string of the molecule is [B]c1ccc(I)c(CBr)c1. The van der Waals surface area contributed by atoms with Gasteiger partial charge in [0.15, 0.2) is 0 Å². The van der Waals surface area contributed by atoms with Gasteiger partial charge in [0.25, 0.3) is 0 Å². The number of hydrogen-bond acceptors (Lipinski definition) is 0. The van der Waals surface area contributed by atoms with Crippen LogP contribution in [-0.2, 0) is 5.33 Å². The minimum absolute atomic E-state index is 0.829. The molecule has 0 saturated carbocycles. The van der Waals surface area contributed by atoms with Crippen LogP contribution in [0.15, 0.2) is 18.2 Å². The molecule has 3 heteroatoms. The maximum absolute atomic E-state index is 5.58. The summed E-state index contributed by atoms with van der Waals surface area (Å²) < 4.78 is 1.25. The summed E-state index contributed by atoms with van der Waals surface area (Å²) >= 11 is 5.67. The van der Waals surface area contributed by atoms with Crippen LogP contribution in [-0.4, -0.2) is 7.85 Å². The molecule has 0 amide bonds. The lowest BCUT2D eigenvalue weighted by Crippen LogP contribution is -2.03. The Hall–Kier alpha value is 0.495. The Kier molecular flexibility index (Phi) is 3.23. The van der Waals surface area contributed by atoms with Gasteiger partial charge in [-0.2, -0.15) is 0 Å². The quantitative estimate of drug-likeness (QED) is 0.423. The summed E-state index contributed by atoms with van der Waals surface area (Å²) in [4.78, 5) is 0. The van der Waals surface area contributed by atoms with Crippen LogP contribution in [0.1, 0.15) is 5.56 Å². The summed E-state index contributed by atoms with van der Waals surface area (Å²) in [6.07, 6.45) is 0. The highest BCUT2D eigenvalue weighted by Gasteiger charge is 1.95. The highest BCUT2D eigenvalue weighted by Crippen LogP contribution is 2.12. The van der Waals surface area contributed by atoms with Crippen LogP contribution in [0, 0.1) is 3.57 Å². The number of rotatable bonds is 1. The number of halogens is 2. The average Bonchev–Trinajstić information content (AvgIpc) is 1.94. The van der Waals surface area contributed by atoms with Gasteiger partial charge >= 0.3 is 0 Å². The summed E-state index contributed by atoms with van der Waals surface area (Å²) in [6, 6.07) is 5.91. The van der Waals surface area contributed by atoms with Gasteiger partial charge in [-0.05, 0) is 34.2 Å². The highest BCUT2D eigenvalue weighted by molar-refractivity contribution is 14.1. The Morgan fingerprint density at radius 1 is 1.50 bits per heavy atom. The van der Waals surface area contributed by atoms with Gasteiger partial charge in [-0.3, -0.25) is 0 Å². The predicted octanol–water partition coefficient (Wildman–Crippen LogP) is 1.98. The highest BCUT2D eigenvalue weighted by atomic mass is 127. The lowest BCUT2D eigenvalue weighted by Gasteiger charge is -2.00. The van der Waals surface area contributed by atoms with Gasteiger partial charge in [-0.15, -0.1) is 0 Å². The lowest BCUT2D eigenvalue weighted by molar-refractivity contribution is 1.41. The standard InChI is InChI=1S/C7H5BBrI/c8-6-1-2-7(10)5(3-6)4-9/h1-3H,4H2. The Balaban J connectivity index is 3.09. The molecule has 0 saturated heterocycles. The van der Waals surface area contributed by atoms with E-state index >= 15 is 0 Å². The van der Waals surface area contributed by atoms with Crippen molar-refractivity contribution in [2.75, 3.05) is 0 Å². The monoisotopic (exact) mass is 306 g/mol. The van der Waals surface area contributed by atoms with Crippen LogP contribution in [0.25, 0.3) is 0 Å². The zero-order chi connectivity index (χ0) is 7.56. The average molecular weight is 307 g/mol. The molecule has 0 fully saturated rings. The summed E-state index contributed by atoms with van der Waals surface area (Å²) in [5.41, 5.74) is 2.08. The maximum atomic E-state index is 5.58. The van der Waals surface area contributed by atoms with Gasteiger partial charge in [0.1, 0.15) is 7.85 Å². The van der Waals surface area contributed by atoms with Gasteiger partial charge in [0.2, 0.25) is 0 Å². The Morgan fingerprint density at radius 3 is 2.70 bits per heavy atom. The molecule has 0 aliphatic carbocycles. The van der Waals surface area contributed by atoms with Crippen molar-refractivity contribution in [3.8, 4) is 0 Å². The predicted molar refractivity (Wildman–Crippen MR) is 57.2 cm³/mol. The molecule has 0 aromatic heterocycles. The van der Waals surface area contributed by atoms with Crippen LogP contribution in [0.3, 0.4) is 0 Å². The molecular formula is C7H5BBrI. The largest absolute Gasteiger partial charge is 0.113 e. The molecule has 0 aliphatic rings. The second-order valence-electron chi connectivity index (χ2n) is 1.98. The van der Waals surface area contributed by atoms with E-state index < -0.39 is 0 Å². The van der Waals surface area contributed by atoms with Crippen LogP contribution in [0.5, 0.6) is 0 Å². The zero-order valence-corrected chi connectivity index (χ0v) is 9.02. The molecule has 0 atom stereocenters. The topological polar surface area (TPSA) is 0 Å². The third kappa shape index (κ3) is 1.99. The van der Waals surface area contributed by atoms with Gasteiger partial charge in [-0.1, -0.05) is 33.5 Å². The smallest absolute Gasteiger partial charge is 0.0963 e. The summed E-state index contributed by atoms with van der Waals surface area (Å²) in [7, 11) is 5.58. The first-order chi connectivity index (χ1) is 4.74. The van der Waals surface area contributed by atoms with Gasteiger partial charge in [0.05, 0.1) is 0 Å². The van der Waals surface area contributed by atoms with Crippen LogP contribution >= 0.6 is 38.5 Å². The third-order valence-corrected chi connectivity index (χ3v) is 2.87. The maximum Gasteiger partial charge on any atom is 0.113 e. The molecule has 1 aromatic carbocycles. The van der Waals surface area contributed by atoms with Crippen molar-refractivity contribution in [1.82, 2.24) is 0 Å². The Morgan fingerprint density at radius 2 is 2.20 bits per heavy atom. The van der Waals surface area contributed by atoms with E-state index in [2.05, 4.69) is 38.5 Å². The van der Waals surface area contributed by atoms with Crippen molar-refractivity contribution < 1.29 is 0 Å². The summed E-state index contributed by atoms with van der Waals surface area (Å²) in [5, 5.41) is 0.871. The summed E-state index contributed by atoms with van der Waals surface area (Å²) in [6.45, 7) is 0. The molecule has 0 bridgehead atoms. The van der Waals surface area contributed by atoms with Crippen LogP contribution in [0.2, 0.25) is 0 Å². The second kappa shape index (κ2) is 3.76. The molecule has 10 heavy (non-hydrogen) atoms. The molecule has 0 N–H and O–H groups in total. The minimum atomic E-state index is 0.829. The Bertz CT molecular complexity index is 237. The fourth-order valence-corrected chi connectivity index (χ4v) is 2.21. The van der Waals surface area contributed by atoms with E-state index in [1.165, 1.54) is 9.13 Å². The van der Waals surface area contributed by atoms with E-state index in [0.29, 0.717) is 0 Å². The molecule has 2 radical (unpaired) electrons. The number of hydrogen-bond donors (Lipinski definition) is 0. The third-order valence-electron chi connectivity index (χ3n) is 1.21. The first-order valence-electron chi connectivity index (χ1n) is 2.84. The van der Waals surface area contributed by atoms with E-state index in [1.807, 2.05) is 18.2 Å². The molecule has 0 unspecified atom stereocenters. The fraction of sp³-hybridized carbons (Fsp3) is 0.143. The normalized spacial score (nSPS) is 9.80. The molecule has 0 aliphatic heterocycles. The van der Waals surface area contributed by atoms with Crippen molar-refractivity contribution in [3.05, 3.63) is 27.3 Å².